The van der Waals surface area contributed by atoms with Crippen LogP contribution in [0.2, 0.25) is 0 Å². The Kier molecular flexibility index (Phi) is 3.51. The summed E-state index contributed by atoms with van der Waals surface area (Å²) in [6.07, 6.45) is 4.28. The molecular formula is C13H11N3O3. The molecule has 0 aliphatic rings. The third-order valence-corrected chi connectivity index (χ3v) is 2.57. The first kappa shape index (κ1) is 12.7. The van der Waals surface area contributed by atoms with Gasteiger partial charge in [0, 0.05) is 31.2 Å². The minimum atomic E-state index is -1.05. The first-order chi connectivity index (χ1) is 9.09. The minimum Gasteiger partial charge on any atom is -0.478 e. The second-order valence-corrected chi connectivity index (χ2v) is 3.81. The lowest BCUT2D eigenvalue weighted by Crippen LogP contribution is -2.27. The van der Waals surface area contributed by atoms with Crippen molar-refractivity contribution in [2.24, 2.45) is 0 Å². The second kappa shape index (κ2) is 5.26. The number of carboxylic acids is 1. The molecule has 96 valence electrons. The number of nitrogens with zero attached hydrogens (tertiary/aromatic N) is 3. The lowest BCUT2D eigenvalue weighted by atomic mass is 10.2. The molecule has 0 radical (unpaired) electrons. The monoisotopic (exact) mass is 257 g/mol. The summed E-state index contributed by atoms with van der Waals surface area (Å²) in [6.45, 7) is 0. The molecule has 0 aliphatic carbocycles. The van der Waals surface area contributed by atoms with Gasteiger partial charge in [0.15, 0.2) is 0 Å². The van der Waals surface area contributed by atoms with Crippen molar-refractivity contribution in [1.29, 1.82) is 0 Å². The normalized spacial score (nSPS) is 9.95. The molecule has 2 heterocycles. The Labute approximate surface area is 109 Å². The van der Waals surface area contributed by atoms with Gasteiger partial charge in [-0.25, -0.2) is 9.78 Å². The molecule has 2 aromatic heterocycles. The molecule has 0 fully saturated rings. The number of hydrogen-bond donors (Lipinski definition) is 1. The molecule has 0 saturated heterocycles. The van der Waals surface area contributed by atoms with Gasteiger partial charge in [-0.1, -0.05) is 0 Å². The van der Waals surface area contributed by atoms with Gasteiger partial charge in [-0.15, -0.1) is 0 Å². The van der Waals surface area contributed by atoms with E-state index < -0.39 is 5.97 Å². The van der Waals surface area contributed by atoms with Crippen LogP contribution in [0, 0.1) is 0 Å². The fraction of sp³-hybridized carbons (Fsp3) is 0.0769. The van der Waals surface area contributed by atoms with Gasteiger partial charge >= 0.3 is 5.97 Å². The van der Waals surface area contributed by atoms with E-state index in [1.165, 1.54) is 35.6 Å². The van der Waals surface area contributed by atoms with Gasteiger partial charge in [0.1, 0.15) is 5.82 Å². The van der Waals surface area contributed by atoms with Gasteiger partial charge in [-0.05, 0) is 24.3 Å². The number of anilines is 1. The summed E-state index contributed by atoms with van der Waals surface area (Å²) >= 11 is 0. The van der Waals surface area contributed by atoms with Gasteiger partial charge in [0.2, 0.25) is 0 Å². The number of pyridine rings is 2. The lowest BCUT2D eigenvalue weighted by molar-refractivity contribution is 0.0696. The van der Waals surface area contributed by atoms with Gasteiger partial charge in [0.25, 0.3) is 5.91 Å². The van der Waals surface area contributed by atoms with Crippen molar-refractivity contribution in [2.45, 2.75) is 0 Å². The van der Waals surface area contributed by atoms with Crippen LogP contribution in [0.3, 0.4) is 0 Å². The quantitative estimate of drug-likeness (QED) is 0.899. The second-order valence-electron chi connectivity index (χ2n) is 3.81. The van der Waals surface area contributed by atoms with E-state index >= 15 is 0 Å². The summed E-state index contributed by atoms with van der Waals surface area (Å²) in [7, 11) is 1.57. The molecule has 0 aromatic carbocycles. The highest BCUT2D eigenvalue weighted by Crippen LogP contribution is 2.13. The Balaban J connectivity index is 2.22. The summed E-state index contributed by atoms with van der Waals surface area (Å²) < 4.78 is 0. The number of aromatic nitrogens is 2. The van der Waals surface area contributed by atoms with E-state index in [4.69, 9.17) is 5.11 Å². The smallest absolute Gasteiger partial charge is 0.337 e. The SMILES string of the molecule is CN(C(=O)c1ccncc1)c1ccc(C(=O)O)cn1. The average molecular weight is 257 g/mol. The number of aromatic carboxylic acids is 1. The molecule has 0 aliphatic heterocycles. The van der Waals surface area contributed by atoms with Crippen molar-refractivity contribution in [3.05, 3.63) is 54.0 Å². The van der Waals surface area contributed by atoms with Gasteiger partial charge < -0.3 is 5.11 Å². The first-order valence-corrected chi connectivity index (χ1v) is 5.47. The van der Waals surface area contributed by atoms with E-state index in [2.05, 4.69) is 9.97 Å². The van der Waals surface area contributed by atoms with Crippen molar-refractivity contribution in [2.75, 3.05) is 11.9 Å². The Hall–Kier alpha value is -2.76. The number of carboxylic acid groups (broad SMARTS) is 1. The van der Waals surface area contributed by atoms with Crippen LogP contribution in [0.15, 0.2) is 42.9 Å². The summed E-state index contributed by atoms with van der Waals surface area (Å²) in [4.78, 5) is 32.0. The van der Waals surface area contributed by atoms with E-state index in [1.807, 2.05) is 0 Å². The largest absolute Gasteiger partial charge is 0.478 e. The van der Waals surface area contributed by atoms with E-state index in [1.54, 1.807) is 19.2 Å². The Bertz CT molecular complexity index is 596. The Morgan fingerprint density at radius 2 is 1.79 bits per heavy atom. The number of rotatable bonds is 3. The van der Waals surface area contributed by atoms with Crippen LogP contribution in [0.25, 0.3) is 0 Å². The van der Waals surface area contributed by atoms with E-state index in [9.17, 15) is 9.59 Å². The molecular weight excluding hydrogens is 246 g/mol. The van der Waals surface area contributed by atoms with Crippen molar-refractivity contribution >= 4 is 17.7 Å². The molecule has 0 atom stereocenters. The molecule has 1 N–H and O–H groups in total. The number of carbonyl (C=O) groups excluding carboxylic acids is 1. The average Bonchev–Trinajstić information content (AvgIpc) is 2.46. The Morgan fingerprint density at radius 3 is 2.32 bits per heavy atom. The zero-order valence-corrected chi connectivity index (χ0v) is 10.1. The van der Waals surface area contributed by atoms with Gasteiger partial charge in [-0.3, -0.25) is 14.7 Å². The fourth-order valence-electron chi connectivity index (χ4n) is 1.50. The van der Waals surface area contributed by atoms with Crippen molar-refractivity contribution in [3.63, 3.8) is 0 Å². The maximum Gasteiger partial charge on any atom is 0.337 e. The molecule has 0 unspecified atom stereocenters. The highest BCUT2D eigenvalue weighted by molar-refractivity contribution is 6.05. The molecule has 0 bridgehead atoms. The predicted octanol–water partition coefficient (Wildman–Crippen LogP) is 1.45. The third kappa shape index (κ3) is 2.74. The molecule has 19 heavy (non-hydrogen) atoms. The van der Waals surface area contributed by atoms with Crippen molar-refractivity contribution in [3.8, 4) is 0 Å². The van der Waals surface area contributed by atoms with E-state index in [-0.39, 0.29) is 11.5 Å². The van der Waals surface area contributed by atoms with Crippen LogP contribution in [0.4, 0.5) is 5.82 Å². The molecule has 1 amide bonds. The molecule has 0 saturated carbocycles. The van der Waals surface area contributed by atoms with Crippen LogP contribution in [-0.4, -0.2) is 34.0 Å². The standard InChI is InChI=1S/C13H11N3O3/c1-16(12(17)9-4-6-14-7-5-9)11-3-2-10(8-15-11)13(18)19/h2-8H,1H3,(H,18,19). The van der Waals surface area contributed by atoms with E-state index in [0.717, 1.165) is 0 Å². The Morgan fingerprint density at radius 1 is 1.11 bits per heavy atom. The topological polar surface area (TPSA) is 83.4 Å². The highest BCUT2D eigenvalue weighted by atomic mass is 16.4. The van der Waals surface area contributed by atoms with Crippen molar-refractivity contribution < 1.29 is 14.7 Å². The van der Waals surface area contributed by atoms with Crippen molar-refractivity contribution in [1.82, 2.24) is 9.97 Å². The summed E-state index contributed by atoms with van der Waals surface area (Å²) in [6, 6.07) is 6.10. The highest BCUT2D eigenvalue weighted by Gasteiger charge is 2.14. The minimum absolute atomic E-state index is 0.0773. The van der Waals surface area contributed by atoms with Crippen LogP contribution < -0.4 is 4.90 Å². The lowest BCUT2D eigenvalue weighted by Gasteiger charge is -2.16. The molecule has 6 heteroatoms. The van der Waals surface area contributed by atoms with Gasteiger partial charge in [0.05, 0.1) is 5.56 Å². The predicted molar refractivity (Wildman–Crippen MR) is 68.2 cm³/mol. The molecule has 0 spiro atoms. The number of hydrogen-bond acceptors (Lipinski definition) is 4. The maximum atomic E-state index is 12.1. The number of carbonyl (C=O) groups is 2. The summed E-state index contributed by atoms with van der Waals surface area (Å²) in [5.41, 5.74) is 0.565. The molecule has 6 nitrogen and oxygen atoms in total. The summed E-state index contributed by atoms with van der Waals surface area (Å²) in [5, 5.41) is 8.77. The van der Waals surface area contributed by atoms with E-state index in [0.29, 0.717) is 11.4 Å². The third-order valence-electron chi connectivity index (χ3n) is 2.57. The van der Waals surface area contributed by atoms with Gasteiger partial charge in [-0.2, -0.15) is 0 Å². The van der Waals surface area contributed by atoms with Crippen LogP contribution in [0.5, 0.6) is 0 Å². The van der Waals surface area contributed by atoms with Crippen LogP contribution in [-0.2, 0) is 0 Å². The molecule has 2 aromatic rings. The van der Waals surface area contributed by atoms with Crippen LogP contribution in [0.1, 0.15) is 20.7 Å². The zero-order valence-electron chi connectivity index (χ0n) is 10.1. The van der Waals surface area contributed by atoms with Crippen LogP contribution >= 0.6 is 0 Å². The number of amides is 1. The zero-order chi connectivity index (χ0) is 13.8. The first-order valence-electron chi connectivity index (χ1n) is 5.47. The fourth-order valence-corrected chi connectivity index (χ4v) is 1.50. The maximum absolute atomic E-state index is 12.1. The summed E-state index contributed by atoms with van der Waals surface area (Å²) in [5.74, 6) is -0.910. The molecule has 2 rings (SSSR count).